The molecule has 0 bridgehead atoms. The normalized spacial score (nSPS) is 10.7. The molecule has 2 aromatic heterocycles. The van der Waals surface area contributed by atoms with E-state index in [1.165, 1.54) is 11.3 Å². The molecule has 0 atom stereocenters. The number of carbonyl (C=O) groups excluding carboxylic acids is 1. The minimum absolute atomic E-state index is 0.255. The highest BCUT2D eigenvalue weighted by Crippen LogP contribution is 2.27. The highest BCUT2D eigenvalue weighted by atomic mass is 32.1. The first-order valence-electron chi connectivity index (χ1n) is 9.27. The first-order valence-corrected chi connectivity index (χ1v) is 10.1. The van der Waals surface area contributed by atoms with Gasteiger partial charge in [-0.05, 0) is 26.0 Å². The highest BCUT2D eigenvalue weighted by molar-refractivity contribution is 7.12. The van der Waals surface area contributed by atoms with Crippen LogP contribution in [0.3, 0.4) is 0 Å². The van der Waals surface area contributed by atoms with Gasteiger partial charge in [0.1, 0.15) is 11.6 Å². The van der Waals surface area contributed by atoms with Crippen LogP contribution in [0.25, 0.3) is 16.4 Å². The first-order chi connectivity index (χ1) is 14.2. The third kappa shape index (κ3) is 4.05. The lowest BCUT2D eigenvalue weighted by atomic mass is 10.2. The van der Waals surface area contributed by atoms with E-state index in [2.05, 4.69) is 10.4 Å². The molecular weight excluding hydrogens is 384 g/mol. The number of rotatable bonds is 6. The number of thiazole rings is 1. The lowest BCUT2D eigenvalue weighted by Crippen LogP contribution is -2.16. The van der Waals surface area contributed by atoms with Crippen LogP contribution < -0.4 is 10.1 Å². The first kappa shape index (κ1) is 18.9. The van der Waals surface area contributed by atoms with Crippen LogP contribution in [0.2, 0.25) is 0 Å². The topological polar surface area (TPSA) is 69.0 Å². The van der Waals surface area contributed by atoms with Crippen molar-refractivity contribution in [2.24, 2.45) is 0 Å². The molecule has 146 valence electrons. The van der Waals surface area contributed by atoms with Crippen molar-refractivity contribution >= 4 is 23.1 Å². The summed E-state index contributed by atoms with van der Waals surface area (Å²) in [6.45, 7) is 4.26. The van der Waals surface area contributed by atoms with E-state index in [4.69, 9.17) is 9.72 Å². The van der Waals surface area contributed by atoms with Gasteiger partial charge in [0.15, 0.2) is 0 Å². The molecule has 1 amide bonds. The van der Waals surface area contributed by atoms with Crippen molar-refractivity contribution in [3.8, 4) is 22.1 Å². The number of amides is 1. The van der Waals surface area contributed by atoms with Crippen LogP contribution in [-0.2, 0) is 0 Å². The summed E-state index contributed by atoms with van der Waals surface area (Å²) < 4.78 is 7.24. The number of para-hydroxylation sites is 1. The predicted octanol–water partition coefficient (Wildman–Crippen LogP) is 4.96. The number of aryl methyl sites for hydroxylation is 1. The van der Waals surface area contributed by atoms with Crippen molar-refractivity contribution < 1.29 is 9.53 Å². The summed E-state index contributed by atoms with van der Waals surface area (Å²) in [5.74, 6) is 0.860. The minimum atomic E-state index is -0.255. The van der Waals surface area contributed by atoms with Gasteiger partial charge in [-0.1, -0.05) is 42.5 Å². The van der Waals surface area contributed by atoms with E-state index >= 15 is 0 Å². The van der Waals surface area contributed by atoms with Gasteiger partial charge in [-0.2, -0.15) is 9.78 Å². The maximum Gasteiger partial charge on any atom is 0.260 e. The van der Waals surface area contributed by atoms with Gasteiger partial charge in [0.05, 0.1) is 23.6 Å². The molecule has 4 aromatic rings. The molecule has 0 aliphatic carbocycles. The van der Waals surface area contributed by atoms with E-state index in [-0.39, 0.29) is 5.91 Å². The van der Waals surface area contributed by atoms with Gasteiger partial charge in [-0.15, -0.1) is 11.3 Å². The van der Waals surface area contributed by atoms with Crippen molar-refractivity contribution in [1.82, 2.24) is 14.8 Å². The van der Waals surface area contributed by atoms with Crippen LogP contribution in [0.15, 0.2) is 66.0 Å². The summed E-state index contributed by atoms with van der Waals surface area (Å²) in [4.78, 5) is 17.6. The number of benzene rings is 2. The molecule has 0 fully saturated rings. The Bertz CT molecular complexity index is 1130. The molecule has 1 N–H and O–H groups in total. The van der Waals surface area contributed by atoms with Gasteiger partial charge < -0.3 is 10.1 Å². The average molecular weight is 404 g/mol. The second-order valence-corrected chi connectivity index (χ2v) is 7.18. The smallest absolute Gasteiger partial charge is 0.260 e. The van der Waals surface area contributed by atoms with E-state index in [1.807, 2.05) is 67.8 Å². The molecule has 0 unspecified atom stereocenters. The SMILES string of the molecule is CCOc1ccccc1C(=O)Nc1cc(C)nn1-c1nc(-c2ccccc2)cs1. The monoisotopic (exact) mass is 404 g/mol. The molecule has 2 heterocycles. The third-order valence-electron chi connectivity index (χ3n) is 4.25. The van der Waals surface area contributed by atoms with Crippen molar-refractivity contribution in [1.29, 1.82) is 0 Å². The van der Waals surface area contributed by atoms with Crippen LogP contribution in [-0.4, -0.2) is 27.3 Å². The average Bonchev–Trinajstić information content (AvgIpc) is 3.36. The van der Waals surface area contributed by atoms with Gasteiger partial charge in [-0.25, -0.2) is 4.98 Å². The molecular formula is C22H20N4O2S. The van der Waals surface area contributed by atoms with Crippen molar-refractivity contribution in [3.05, 3.63) is 77.3 Å². The lowest BCUT2D eigenvalue weighted by molar-refractivity contribution is 0.102. The molecule has 7 heteroatoms. The Labute approximate surface area is 172 Å². The maximum absolute atomic E-state index is 12.9. The number of carbonyl (C=O) groups is 1. The summed E-state index contributed by atoms with van der Waals surface area (Å²) >= 11 is 1.47. The molecule has 6 nitrogen and oxygen atoms in total. The number of nitrogens with one attached hydrogen (secondary N) is 1. The Kier molecular flexibility index (Phi) is 5.39. The predicted molar refractivity (Wildman–Crippen MR) is 115 cm³/mol. The second-order valence-electron chi connectivity index (χ2n) is 6.35. The molecule has 2 aromatic carbocycles. The number of hydrogen-bond donors (Lipinski definition) is 1. The van der Waals surface area contributed by atoms with E-state index in [1.54, 1.807) is 16.8 Å². The molecule has 0 aliphatic heterocycles. The van der Waals surface area contributed by atoms with E-state index in [0.29, 0.717) is 28.9 Å². The number of aromatic nitrogens is 3. The number of anilines is 1. The highest BCUT2D eigenvalue weighted by Gasteiger charge is 2.17. The quantitative estimate of drug-likeness (QED) is 0.493. The summed E-state index contributed by atoms with van der Waals surface area (Å²) in [6.07, 6.45) is 0. The standard InChI is InChI=1S/C22H20N4O2S/c1-3-28-19-12-8-7-11-17(19)21(27)24-20-13-15(2)25-26(20)22-23-18(14-29-22)16-9-5-4-6-10-16/h4-14H,3H2,1-2H3,(H,24,27). The zero-order valence-electron chi connectivity index (χ0n) is 16.1. The summed E-state index contributed by atoms with van der Waals surface area (Å²) in [5, 5.41) is 10.1. The Balaban J connectivity index is 1.63. The van der Waals surface area contributed by atoms with E-state index in [9.17, 15) is 4.79 Å². The van der Waals surface area contributed by atoms with Crippen molar-refractivity contribution in [3.63, 3.8) is 0 Å². The molecule has 0 spiro atoms. The zero-order chi connectivity index (χ0) is 20.2. The summed E-state index contributed by atoms with van der Waals surface area (Å²) in [7, 11) is 0. The molecule has 29 heavy (non-hydrogen) atoms. The lowest BCUT2D eigenvalue weighted by Gasteiger charge is -2.10. The van der Waals surface area contributed by atoms with Gasteiger partial charge in [-0.3, -0.25) is 4.79 Å². The van der Waals surface area contributed by atoms with Crippen molar-refractivity contribution in [2.75, 3.05) is 11.9 Å². The Morgan fingerprint density at radius 2 is 1.90 bits per heavy atom. The van der Waals surface area contributed by atoms with Gasteiger partial charge in [0.25, 0.3) is 5.91 Å². The third-order valence-corrected chi connectivity index (χ3v) is 5.06. The number of nitrogens with zero attached hydrogens (tertiary/aromatic N) is 3. The summed E-state index contributed by atoms with van der Waals surface area (Å²) in [5.41, 5.74) is 3.17. The van der Waals surface area contributed by atoms with Crippen LogP contribution >= 0.6 is 11.3 Å². The molecule has 0 saturated heterocycles. The van der Waals surface area contributed by atoms with Crippen LogP contribution in [0.5, 0.6) is 5.75 Å². The van der Waals surface area contributed by atoms with Crippen LogP contribution in [0.4, 0.5) is 5.82 Å². The fourth-order valence-corrected chi connectivity index (χ4v) is 3.75. The summed E-state index contributed by atoms with van der Waals surface area (Å²) in [6, 6.07) is 19.0. The van der Waals surface area contributed by atoms with Crippen LogP contribution in [0.1, 0.15) is 23.0 Å². The van der Waals surface area contributed by atoms with Gasteiger partial charge >= 0.3 is 0 Å². The number of hydrogen-bond acceptors (Lipinski definition) is 5. The van der Waals surface area contributed by atoms with E-state index < -0.39 is 0 Å². The maximum atomic E-state index is 12.9. The molecule has 0 aliphatic rings. The Hall–Kier alpha value is -3.45. The molecule has 4 rings (SSSR count). The van der Waals surface area contributed by atoms with Crippen LogP contribution in [0, 0.1) is 6.92 Å². The van der Waals surface area contributed by atoms with Crippen molar-refractivity contribution in [2.45, 2.75) is 13.8 Å². The Morgan fingerprint density at radius 3 is 2.69 bits per heavy atom. The minimum Gasteiger partial charge on any atom is -0.493 e. The molecule has 0 saturated carbocycles. The zero-order valence-corrected chi connectivity index (χ0v) is 16.9. The number of ether oxygens (including phenoxy) is 1. The van der Waals surface area contributed by atoms with E-state index in [0.717, 1.165) is 17.0 Å². The second kappa shape index (κ2) is 8.28. The van der Waals surface area contributed by atoms with Gasteiger partial charge in [0, 0.05) is 17.0 Å². The largest absolute Gasteiger partial charge is 0.493 e. The fraction of sp³-hybridized carbons (Fsp3) is 0.136. The fourth-order valence-electron chi connectivity index (χ4n) is 2.96. The van der Waals surface area contributed by atoms with Gasteiger partial charge in [0.2, 0.25) is 5.13 Å². The Morgan fingerprint density at radius 1 is 1.14 bits per heavy atom. The molecule has 0 radical (unpaired) electrons.